The van der Waals surface area contributed by atoms with Crippen molar-refractivity contribution in [2.75, 3.05) is 6.54 Å². The summed E-state index contributed by atoms with van der Waals surface area (Å²) in [7, 11) is 0. The highest BCUT2D eigenvalue weighted by atomic mass is 16.1. The molecule has 0 saturated heterocycles. The second-order valence-corrected chi connectivity index (χ2v) is 4.28. The van der Waals surface area contributed by atoms with Gasteiger partial charge in [0.2, 0.25) is 0 Å². The molecule has 0 aliphatic carbocycles. The number of azide groups is 1. The number of hydrogen-bond acceptors (Lipinski definition) is 4. The molecule has 0 bridgehead atoms. The average molecular weight is 270 g/mol. The standard InChI is InChI=1S/C13H14N6O/c14-6-12(18-19-15)13(20)5-9-1-3-10(4-2-9)11-7-16-17-8-11/h1-4,7-8,12H,5-6,14H2,(H,16,17). The van der Waals surface area contributed by atoms with Gasteiger partial charge in [-0.15, -0.1) is 0 Å². The summed E-state index contributed by atoms with van der Waals surface area (Å²) in [5, 5.41) is 10.0. The SMILES string of the molecule is [N-]=[N+]=NC(CN)C(=O)Cc1ccc(-c2cn[nH]c2)cc1. The lowest BCUT2D eigenvalue weighted by molar-refractivity contribution is -0.119. The van der Waals surface area contributed by atoms with Gasteiger partial charge in [-0.05, 0) is 16.7 Å². The number of carbonyl (C=O) groups is 1. The molecule has 1 heterocycles. The molecular weight excluding hydrogens is 256 g/mol. The number of ketones is 1. The minimum absolute atomic E-state index is 0.0238. The van der Waals surface area contributed by atoms with Crippen LogP contribution >= 0.6 is 0 Å². The number of nitrogens with two attached hydrogens (primary N) is 1. The van der Waals surface area contributed by atoms with Crippen molar-refractivity contribution in [2.45, 2.75) is 12.5 Å². The van der Waals surface area contributed by atoms with Gasteiger partial charge in [-0.1, -0.05) is 29.4 Å². The van der Waals surface area contributed by atoms with E-state index in [1.807, 2.05) is 24.3 Å². The van der Waals surface area contributed by atoms with Crippen LogP contribution in [-0.2, 0) is 11.2 Å². The Morgan fingerprint density at radius 1 is 1.40 bits per heavy atom. The van der Waals surface area contributed by atoms with E-state index >= 15 is 0 Å². The topological polar surface area (TPSA) is 121 Å². The van der Waals surface area contributed by atoms with Gasteiger partial charge in [-0.25, -0.2) is 0 Å². The lowest BCUT2D eigenvalue weighted by Gasteiger charge is -2.07. The Morgan fingerprint density at radius 2 is 2.15 bits per heavy atom. The highest BCUT2D eigenvalue weighted by Crippen LogP contribution is 2.18. The van der Waals surface area contributed by atoms with Crippen LogP contribution in [0.25, 0.3) is 21.6 Å². The third-order valence-electron chi connectivity index (χ3n) is 2.95. The fraction of sp³-hybridized carbons (Fsp3) is 0.231. The predicted molar refractivity (Wildman–Crippen MR) is 74.7 cm³/mol. The van der Waals surface area contributed by atoms with Gasteiger partial charge in [0.05, 0.1) is 6.20 Å². The number of rotatable bonds is 6. The minimum Gasteiger partial charge on any atom is -0.330 e. The molecule has 0 amide bonds. The summed E-state index contributed by atoms with van der Waals surface area (Å²) < 4.78 is 0. The molecule has 0 radical (unpaired) electrons. The van der Waals surface area contributed by atoms with Crippen molar-refractivity contribution in [1.82, 2.24) is 10.2 Å². The Labute approximate surface area is 115 Å². The van der Waals surface area contributed by atoms with E-state index in [-0.39, 0.29) is 18.7 Å². The summed E-state index contributed by atoms with van der Waals surface area (Å²) in [6.07, 6.45) is 3.73. The van der Waals surface area contributed by atoms with Crippen molar-refractivity contribution in [3.8, 4) is 11.1 Å². The highest BCUT2D eigenvalue weighted by Gasteiger charge is 2.15. The molecule has 0 saturated carbocycles. The molecule has 2 rings (SSSR count). The van der Waals surface area contributed by atoms with Gasteiger partial charge in [0.25, 0.3) is 0 Å². The number of nitrogens with one attached hydrogen (secondary N) is 1. The van der Waals surface area contributed by atoms with Crippen LogP contribution in [0.5, 0.6) is 0 Å². The first-order valence-corrected chi connectivity index (χ1v) is 6.09. The lowest BCUT2D eigenvalue weighted by atomic mass is 10.0. The summed E-state index contributed by atoms with van der Waals surface area (Å²) in [4.78, 5) is 14.5. The number of nitrogens with zero attached hydrogens (tertiary/aromatic N) is 4. The Balaban J connectivity index is 2.07. The smallest absolute Gasteiger partial charge is 0.147 e. The normalized spacial score (nSPS) is 11.7. The van der Waals surface area contributed by atoms with Crippen molar-refractivity contribution >= 4 is 5.78 Å². The van der Waals surface area contributed by atoms with Gasteiger partial charge in [0, 0.05) is 29.6 Å². The van der Waals surface area contributed by atoms with Crippen molar-refractivity contribution in [2.24, 2.45) is 10.8 Å². The van der Waals surface area contributed by atoms with Gasteiger partial charge in [0.15, 0.2) is 0 Å². The number of aromatic amines is 1. The van der Waals surface area contributed by atoms with E-state index in [0.29, 0.717) is 0 Å². The zero-order valence-electron chi connectivity index (χ0n) is 10.7. The number of Topliss-reactive ketones (excluding diaryl/α,β-unsaturated/α-hetero) is 1. The van der Waals surface area contributed by atoms with E-state index in [1.165, 1.54) is 0 Å². The second-order valence-electron chi connectivity index (χ2n) is 4.28. The number of hydrogen-bond donors (Lipinski definition) is 2. The van der Waals surface area contributed by atoms with E-state index in [9.17, 15) is 4.79 Å². The maximum absolute atomic E-state index is 11.9. The van der Waals surface area contributed by atoms with Gasteiger partial charge in [-0.3, -0.25) is 9.89 Å². The van der Waals surface area contributed by atoms with Crippen LogP contribution in [0, 0.1) is 0 Å². The Morgan fingerprint density at radius 3 is 2.70 bits per heavy atom. The number of aromatic nitrogens is 2. The monoisotopic (exact) mass is 270 g/mol. The van der Waals surface area contributed by atoms with Gasteiger partial charge < -0.3 is 5.73 Å². The first kappa shape index (κ1) is 13.8. The molecule has 1 aromatic carbocycles. The van der Waals surface area contributed by atoms with Crippen LogP contribution in [0.2, 0.25) is 0 Å². The maximum Gasteiger partial charge on any atom is 0.147 e. The molecule has 2 aromatic rings. The first-order chi connectivity index (χ1) is 9.74. The predicted octanol–water partition coefficient (Wildman–Crippen LogP) is 1.83. The molecule has 0 spiro atoms. The van der Waals surface area contributed by atoms with E-state index in [1.54, 1.807) is 12.4 Å². The fourth-order valence-electron chi connectivity index (χ4n) is 1.85. The third kappa shape index (κ3) is 3.23. The summed E-state index contributed by atoms with van der Waals surface area (Å²) in [5.41, 5.74) is 16.6. The number of benzene rings is 1. The highest BCUT2D eigenvalue weighted by molar-refractivity contribution is 5.86. The summed E-state index contributed by atoms with van der Waals surface area (Å²) in [5.74, 6) is -0.179. The second kappa shape index (κ2) is 6.51. The molecule has 0 aliphatic heterocycles. The zero-order valence-corrected chi connectivity index (χ0v) is 10.7. The van der Waals surface area contributed by atoms with Gasteiger partial charge >= 0.3 is 0 Å². The molecule has 102 valence electrons. The van der Waals surface area contributed by atoms with Crippen LogP contribution < -0.4 is 5.73 Å². The molecule has 7 heteroatoms. The van der Waals surface area contributed by atoms with E-state index in [2.05, 4.69) is 20.2 Å². The van der Waals surface area contributed by atoms with Crippen LogP contribution in [0.1, 0.15) is 5.56 Å². The summed E-state index contributed by atoms with van der Waals surface area (Å²) in [6.45, 7) is 0.0238. The quantitative estimate of drug-likeness (QED) is 0.473. The van der Waals surface area contributed by atoms with Crippen molar-refractivity contribution in [3.05, 3.63) is 52.7 Å². The zero-order chi connectivity index (χ0) is 14.4. The summed E-state index contributed by atoms with van der Waals surface area (Å²) in [6, 6.07) is 6.76. The van der Waals surface area contributed by atoms with Crippen LogP contribution in [-0.4, -0.2) is 28.6 Å². The van der Waals surface area contributed by atoms with Gasteiger partial charge in [-0.2, -0.15) is 5.10 Å². The lowest BCUT2D eigenvalue weighted by Crippen LogP contribution is -2.28. The largest absolute Gasteiger partial charge is 0.330 e. The molecular formula is C13H14N6O. The minimum atomic E-state index is -0.798. The Hall–Kier alpha value is -2.63. The Bertz CT molecular complexity index is 613. The van der Waals surface area contributed by atoms with Crippen molar-refractivity contribution in [3.63, 3.8) is 0 Å². The average Bonchev–Trinajstić information content (AvgIpc) is 2.99. The molecule has 1 aromatic heterocycles. The van der Waals surface area contributed by atoms with Crippen LogP contribution in [0.4, 0.5) is 0 Å². The fourth-order valence-corrected chi connectivity index (χ4v) is 1.85. The van der Waals surface area contributed by atoms with Crippen molar-refractivity contribution < 1.29 is 4.79 Å². The van der Waals surface area contributed by atoms with E-state index in [0.717, 1.165) is 16.7 Å². The van der Waals surface area contributed by atoms with E-state index < -0.39 is 6.04 Å². The summed E-state index contributed by atoms with van der Waals surface area (Å²) >= 11 is 0. The molecule has 1 unspecified atom stereocenters. The van der Waals surface area contributed by atoms with Crippen molar-refractivity contribution in [1.29, 1.82) is 0 Å². The number of H-pyrrole nitrogens is 1. The molecule has 0 fully saturated rings. The first-order valence-electron chi connectivity index (χ1n) is 6.09. The maximum atomic E-state index is 11.9. The molecule has 20 heavy (non-hydrogen) atoms. The molecule has 3 N–H and O–H groups in total. The molecule has 1 atom stereocenters. The Kier molecular flexibility index (Phi) is 4.49. The molecule has 7 nitrogen and oxygen atoms in total. The van der Waals surface area contributed by atoms with Crippen LogP contribution in [0.3, 0.4) is 0 Å². The molecule has 0 aliphatic rings. The number of carbonyl (C=O) groups excluding carboxylic acids is 1. The van der Waals surface area contributed by atoms with Crippen LogP contribution in [0.15, 0.2) is 41.8 Å². The van der Waals surface area contributed by atoms with E-state index in [4.69, 9.17) is 11.3 Å². The van der Waals surface area contributed by atoms with Gasteiger partial charge in [0.1, 0.15) is 11.8 Å². The third-order valence-corrected chi connectivity index (χ3v) is 2.95.